The van der Waals surface area contributed by atoms with Crippen LogP contribution in [0.1, 0.15) is 23.7 Å². The SMILES string of the molecule is CC[C@H](NC(=O)c1cc([N+](=O)[O-])ccc1Cl)C(=O)O. The minimum absolute atomic E-state index is 0.0170. The number of nitrogens with zero attached hydrogens (tertiary/aromatic N) is 1. The third-order valence-electron chi connectivity index (χ3n) is 2.42. The van der Waals surface area contributed by atoms with Crippen LogP contribution in [0, 0.1) is 10.1 Å². The van der Waals surface area contributed by atoms with E-state index < -0.39 is 22.8 Å². The summed E-state index contributed by atoms with van der Waals surface area (Å²) in [5, 5.41) is 21.7. The third-order valence-corrected chi connectivity index (χ3v) is 2.75. The molecule has 102 valence electrons. The molecule has 8 heteroatoms. The van der Waals surface area contributed by atoms with Crippen LogP contribution in [0.15, 0.2) is 18.2 Å². The lowest BCUT2D eigenvalue weighted by molar-refractivity contribution is -0.384. The first kappa shape index (κ1) is 14.9. The van der Waals surface area contributed by atoms with Gasteiger partial charge in [-0.3, -0.25) is 14.9 Å². The normalized spacial score (nSPS) is 11.7. The number of carbonyl (C=O) groups excluding carboxylic acids is 1. The fourth-order valence-electron chi connectivity index (χ4n) is 1.38. The number of nitrogens with one attached hydrogen (secondary N) is 1. The maximum atomic E-state index is 11.8. The van der Waals surface area contributed by atoms with Gasteiger partial charge in [0.1, 0.15) is 6.04 Å². The molecule has 0 saturated heterocycles. The first-order chi connectivity index (χ1) is 8.86. The van der Waals surface area contributed by atoms with E-state index in [9.17, 15) is 19.7 Å². The summed E-state index contributed by atoms with van der Waals surface area (Å²) in [4.78, 5) is 32.6. The fraction of sp³-hybridized carbons (Fsp3) is 0.273. The summed E-state index contributed by atoms with van der Waals surface area (Å²) in [7, 11) is 0. The number of amides is 1. The summed E-state index contributed by atoms with van der Waals surface area (Å²) in [6, 6.07) is 2.32. The molecular formula is C11H11ClN2O5. The van der Waals surface area contributed by atoms with Crippen molar-refractivity contribution >= 4 is 29.2 Å². The van der Waals surface area contributed by atoms with Crippen LogP contribution in [0.4, 0.5) is 5.69 Å². The molecule has 1 amide bonds. The average molecular weight is 287 g/mol. The highest BCUT2D eigenvalue weighted by molar-refractivity contribution is 6.34. The number of hydrogen-bond acceptors (Lipinski definition) is 4. The van der Waals surface area contributed by atoms with E-state index in [4.69, 9.17) is 16.7 Å². The third kappa shape index (κ3) is 3.65. The van der Waals surface area contributed by atoms with Crippen LogP contribution < -0.4 is 5.32 Å². The predicted molar refractivity (Wildman–Crippen MR) is 67.3 cm³/mol. The van der Waals surface area contributed by atoms with Crippen molar-refractivity contribution in [2.75, 3.05) is 0 Å². The lowest BCUT2D eigenvalue weighted by atomic mass is 10.1. The monoisotopic (exact) mass is 286 g/mol. The smallest absolute Gasteiger partial charge is 0.326 e. The highest BCUT2D eigenvalue weighted by atomic mass is 35.5. The molecule has 0 aliphatic carbocycles. The summed E-state index contributed by atoms with van der Waals surface area (Å²) >= 11 is 5.77. The number of rotatable bonds is 5. The van der Waals surface area contributed by atoms with Gasteiger partial charge < -0.3 is 10.4 Å². The van der Waals surface area contributed by atoms with Crippen molar-refractivity contribution in [1.29, 1.82) is 0 Å². The molecule has 0 aliphatic rings. The number of halogens is 1. The van der Waals surface area contributed by atoms with Gasteiger partial charge in [-0.15, -0.1) is 0 Å². The van der Waals surface area contributed by atoms with Crippen LogP contribution >= 0.6 is 11.6 Å². The van der Waals surface area contributed by atoms with Crippen LogP contribution in [0.2, 0.25) is 5.02 Å². The molecule has 1 aromatic rings. The van der Waals surface area contributed by atoms with Crippen molar-refractivity contribution in [3.8, 4) is 0 Å². The van der Waals surface area contributed by atoms with Gasteiger partial charge in [0.15, 0.2) is 0 Å². The van der Waals surface area contributed by atoms with Gasteiger partial charge in [-0.25, -0.2) is 4.79 Å². The number of aliphatic carboxylic acids is 1. The second kappa shape index (κ2) is 6.14. The minimum Gasteiger partial charge on any atom is -0.480 e. The Hall–Kier alpha value is -2.15. The quantitative estimate of drug-likeness (QED) is 0.634. The van der Waals surface area contributed by atoms with Gasteiger partial charge in [-0.1, -0.05) is 18.5 Å². The van der Waals surface area contributed by atoms with E-state index in [1.165, 1.54) is 6.07 Å². The van der Waals surface area contributed by atoms with Crippen molar-refractivity contribution in [3.63, 3.8) is 0 Å². The predicted octanol–water partition coefficient (Wildman–Crippen LogP) is 1.84. The Morgan fingerprint density at radius 2 is 2.16 bits per heavy atom. The van der Waals surface area contributed by atoms with Crippen molar-refractivity contribution in [1.82, 2.24) is 5.32 Å². The van der Waals surface area contributed by atoms with Crippen LogP contribution in [0.5, 0.6) is 0 Å². The highest BCUT2D eigenvalue weighted by Crippen LogP contribution is 2.22. The molecule has 0 spiro atoms. The van der Waals surface area contributed by atoms with E-state index in [1.807, 2.05) is 0 Å². The van der Waals surface area contributed by atoms with E-state index in [-0.39, 0.29) is 22.7 Å². The van der Waals surface area contributed by atoms with Gasteiger partial charge in [-0.05, 0) is 12.5 Å². The molecule has 0 fully saturated rings. The Balaban J connectivity index is 3.02. The van der Waals surface area contributed by atoms with Crippen molar-refractivity contribution in [2.45, 2.75) is 19.4 Å². The molecule has 1 rings (SSSR count). The zero-order valence-electron chi connectivity index (χ0n) is 9.92. The number of nitro benzene ring substituents is 1. The molecular weight excluding hydrogens is 276 g/mol. The number of carboxylic acid groups (broad SMARTS) is 1. The molecule has 1 atom stereocenters. The Morgan fingerprint density at radius 3 is 2.63 bits per heavy atom. The first-order valence-corrected chi connectivity index (χ1v) is 5.72. The van der Waals surface area contributed by atoms with Crippen molar-refractivity contribution in [3.05, 3.63) is 38.9 Å². The summed E-state index contributed by atoms with van der Waals surface area (Å²) in [6.45, 7) is 1.59. The second-order valence-corrected chi connectivity index (χ2v) is 4.10. The van der Waals surface area contributed by atoms with Gasteiger partial charge in [0.05, 0.1) is 15.5 Å². The molecule has 0 bridgehead atoms. The number of carboxylic acids is 1. The van der Waals surface area contributed by atoms with E-state index in [0.29, 0.717) is 0 Å². The van der Waals surface area contributed by atoms with Crippen molar-refractivity contribution in [2.24, 2.45) is 0 Å². The minimum atomic E-state index is -1.18. The van der Waals surface area contributed by atoms with Crippen LogP contribution in [0.3, 0.4) is 0 Å². The van der Waals surface area contributed by atoms with E-state index >= 15 is 0 Å². The van der Waals surface area contributed by atoms with Gasteiger partial charge >= 0.3 is 5.97 Å². The maximum absolute atomic E-state index is 11.8. The van der Waals surface area contributed by atoms with Crippen LogP contribution in [-0.4, -0.2) is 27.9 Å². The zero-order valence-corrected chi connectivity index (χ0v) is 10.7. The number of benzene rings is 1. The average Bonchev–Trinajstić information content (AvgIpc) is 2.35. The summed E-state index contributed by atoms with van der Waals surface area (Å²) < 4.78 is 0. The number of nitro groups is 1. The molecule has 0 aliphatic heterocycles. The van der Waals surface area contributed by atoms with E-state index in [0.717, 1.165) is 12.1 Å². The van der Waals surface area contributed by atoms with E-state index in [1.54, 1.807) is 6.92 Å². The Labute approximate surface area is 113 Å². The summed E-state index contributed by atoms with van der Waals surface area (Å²) in [5.74, 6) is -1.94. The fourth-order valence-corrected chi connectivity index (χ4v) is 1.58. The molecule has 0 saturated carbocycles. The first-order valence-electron chi connectivity index (χ1n) is 5.34. The van der Waals surface area contributed by atoms with Crippen LogP contribution in [-0.2, 0) is 4.79 Å². The number of carbonyl (C=O) groups is 2. The second-order valence-electron chi connectivity index (χ2n) is 3.69. The van der Waals surface area contributed by atoms with Gasteiger partial charge in [0.25, 0.3) is 11.6 Å². The molecule has 7 nitrogen and oxygen atoms in total. The van der Waals surface area contributed by atoms with Crippen LogP contribution in [0.25, 0.3) is 0 Å². The zero-order chi connectivity index (χ0) is 14.6. The molecule has 0 heterocycles. The number of non-ortho nitro benzene ring substituents is 1. The number of hydrogen-bond donors (Lipinski definition) is 2. The lowest BCUT2D eigenvalue weighted by Gasteiger charge is -2.12. The molecule has 0 radical (unpaired) electrons. The summed E-state index contributed by atoms with van der Waals surface area (Å²) in [6.07, 6.45) is 0.188. The summed E-state index contributed by atoms with van der Waals surface area (Å²) in [5.41, 5.74) is -0.423. The molecule has 0 aromatic heterocycles. The Kier molecular flexibility index (Phi) is 4.82. The molecule has 1 aromatic carbocycles. The van der Waals surface area contributed by atoms with Crippen molar-refractivity contribution < 1.29 is 19.6 Å². The van der Waals surface area contributed by atoms with E-state index in [2.05, 4.69) is 5.32 Å². The maximum Gasteiger partial charge on any atom is 0.326 e. The largest absolute Gasteiger partial charge is 0.480 e. The molecule has 0 unspecified atom stereocenters. The topological polar surface area (TPSA) is 110 Å². The van der Waals surface area contributed by atoms with Gasteiger partial charge in [-0.2, -0.15) is 0 Å². The Morgan fingerprint density at radius 1 is 1.53 bits per heavy atom. The standard InChI is InChI=1S/C11H11ClN2O5/c1-2-9(11(16)17)13-10(15)7-5-6(14(18)19)3-4-8(7)12/h3-5,9H,2H2,1H3,(H,13,15)(H,16,17)/t9-/m0/s1. The molecule has 2 N–H and O–H groups in total. The van der Waals surface area contributed by atoms with Gasteiger partial charge in [0.2, 0.25) is 0 Å². The highest BCUT2D eigenvalue weighted by Gasteiger charge is 2.21. The Bertz CT molecular complexity index is 532. The van der Waals surface area contributed by atoms with Gasteiger partial charge in [0, 0.05) is 12.1 Å². The molecule has 19 heavy (non-hydrogen) atoms. The lowest BCUT2D eigenvalue weighted by Crippen LogP contribution is -2.40.